The lowest BCUT2D eigenvalue weighted by atomic mass is 9.92. The standard InChI is InChI=1S/C21H17F4N3O/c22-11-16(10-19(20(24)25)29-21(27)28)17-9-14(7-8-18(17)23)4-1-13-2-5-15(12-26)6-3-13/h2-3,5-9,16,19-20H,10-11H2,(H3,27,28)/t16-,19-/m0/s1. The highest BCUT2D eigenvalue weighted by atomic mass is 19.3. The number of nitrogens with one attached hydrogen (secondary N) is 1. The Morgan fingerprint density at radius 2 is 1.66 bits per heavy atom. The van der Waals surface area contributed by atoms with Crippen LogP contribution in [-0.4, -0.2) is 25.2 Å². The molecule has 150 valence electrons. The van der Waals surface area contributed by atoms with Crippen LogP contribution in [-0.2, 0) is 4.74 Å². The second-order valence-electron chi connectivity index (χ2n) is 6.12. The van der Waals surface area contributed by atoms with E-state index in [0.717, 1.165) is 6.07 Å². The van der Waals surface area contributed by atoms with Crippen molar-refractivity contribution in [3.63, 3.8) is 0 Å². The van der Waals surface area contributed by atoms with Crippen LogP contribution in [0, 0.1) is 34.4 Å². The molecule has 3 N–H and O–H groups in total. The molecule has 8 heteroatoms. The average molecular weight is 403 g/mol. The maximum atomic E-state index is 14.2. The van der Waals surface area contributed by atoms with Gasteiger partial charge in [0.2, 0.25) is 0 Å². The fraction of sp³-hybridized carbons (Fsp3) is 0.238. The van der Waals surface area contributed by atoms with Crippen molar-refractivity contribution in [2.24, 2.45) is 5.73 Å². The fourth-order valence-corrected chi connectivity index (χ4v) is 2.63. The highest BCUT2D eigenvalue weighted by Crippen LogP contribution is 2.28. The Morgan fingerprint density at radius 3 is 2.21 bits per heavy atom. The number of benzene rings is 2. The minimum Gasteiger partial charge on any atom is -0.456 e. The lowest BCUT2D eigenvalue weighted by Crippen LogP contribution is -2.31. The van der Waals surface area contributed by atoms with Crippen LogP contribution in [0.2, 0.25) is 0 Å². The summed E-state index contributed by atoms with van der Waals surface area (Å²) in [7, 11) is 0. The Kier molecular flexibility index (Phi) is 7.62. The maximum Gasteiger partial charge on any atom is 0.279 e. The molecule has 29 heavy (non-hydrogen) atoms. The number of halogens is 4. The Morgan fingerprint density at radius 1 is 1.07 bits per heavy atom. The first-order valence-electron chi connectivity index (χ1n) is 8.50. The van der Waals surface area contributed by atoms with Crippen LogP contribution in [0.1, 0.15) is 34.6 Å². The van der Waals surface area contributed by atoms with Crippen molar-refractivity contribution in [2.75, 3.05) is 6.67 Å². The predicted molar refractivity (Wildman–Crippen MR) is 99.7 cm³/mol. The Bertz CT molecular complexity index is 959. The topological polar surface area (TPSA) is 82.9 Å². The quantitative estimate of drug-likeness (QED) is 0.330. The van der Waals surface area contributed by atoms with Crippen molar-refractivity contribution in [1.29, 1.82) is 10.7 Å². The highest BCUT2D eigenvalue weighted by Gasteiger charge is 2.29. The van der Waals surface area contributed by atoms with Gasteiger partial charge in [-0.15, -0.1) is 0 Å². The van der Waals surface area contributed by atoms with Crippen molar-refractivity contribution in [3.05, 3.63) is 70.5 Å². The van der Waals surface area contributed by atoms with E-state index in [-0.39, 0.29) is 5.56 Å². The zero-order valence-electron chi connectivity index (χ0n) is 15.1. The number of nitrogens with zero attached hydrogens (tertiary/aromatic N) is 1. The number of ether oxygens (including phenoxy) is 1. The van der Waals surface area contributed by atoms with Gasteiger partial charge >= 0.3 is 0 Å². The number of nitriles is 1. The number of rotatable bonds is 6. The first kappa shape index (κ1) is 21.8. The predicted octanol–water partition coefficient (Wildman–Crippen LogP) is 4.08. The summed E-state index contributed by atoms with van der Waals surface area (Å²) in [6, 6.07) is 11.3. The van der Waals surface area contributed by atoms with E-state index in [4.69, 9.17) is 16.4 Å². The summed E-state index contributed by atoms with van der Waals surface area (Å²) in [4.78, 5) is 0. The minimum absolute atomic E-state index is 0.114. The first-order chi connectivity index (χ1) is 13.8. The summed E-state index contributed by atoms with van der Waals surface area (Å²) in [6.07, 6.45) is -5.41. The summed E-state index contributed by atoms with van der Waals surface area (Å²) in [5.41, 5.74) is 6.32. The van der Waals surface area contributed by atoms with E-state index in [9.17, 15) is 17.6 Å². The van der Waals surface area contributed by atoms with Crippen LogP contribution in [0.3, 0.4) is 0 Å². The van der Waals surface area contributed by atoms with Crippen LogP contribution in [0.4, 0.5) is 17.6 Å². The summed E-state index contributed by atoms with van der Waals surface area (Å²) in [5.74, 6) is 3.66. The lowest BCUT2D eigenvalue weighted by Gasteiger charge is -2.22. The molecule has 2 rings (SSSR count). The number of hydrogen-bond acceptors (Lipinski definition) is 3. The molecule has 0 radical (unpaired) electrons. The minimum atomic E-state index is -3.02. The molecular formula is C21H17F4N3O. The van der Waals surface area contributed by atoms with E-state index in [1.165, 1.54) is 12.1 Å². The van der Waals surface area contributed by atoms with Crippen LogP contribution < -0.4 is 5.73 Å². The molecular weight excluding hydrogens is 386 g/mol. The van der Waals surface area contributed by atoms with Gasteiger partial charge in [0.1, 0.15) is 5.82 Å². The normalized spacial score (nSPS) is 12.4. The molecule has 0 bridgehead atoms. The molecule has 2 atom stereocenters. The second-order valence-corrected chi connectivity index (χ2v) is 6.12. The highest BCUT2D eigenvalue weighted by molar-refractivity contribution is 5.67. The molecule has 0 aliphatic carbocycles. The third kappa shape index (κ3) is 6.25. The number of amidine groups is 1. The second kappa shape index (κ2) is 10.1. The van der Waals surface area contributed by atoms with Gasteiger partial charge in [-0.25, -0.2) is 13.2 Å². The molecule has 0 saturated heterocycles. The van der Waals surface area contributed by atoms with Crippen LogP contribution in [0.25, 0.3) is 0 Å². The first-order valence-corrected chi connectivity index (χ1v) is 8.50. The molecule has 0 saturated carbocycles. The molecule has 4 nitrogen and oxygen atoms in total. The molecule has 2 aromatic rings. The summed E-state index contributed by atoms with van der Waals surface area (Å²) < 4.78 is 58.4. The molecule has 0 aromatic heterocycles. The van der Waals surface area contributed by atoms with E-state index >= 15 is 0 Å². The third-order valence-corrected chi connectivity index (χ3v) is 4.06. The zero-order valence-corrected chi connectivity index (χ0v) is 15.1. The van der Waals surface area contributed by atoms with E-state index < -0.39 is 43.4 Å². The van der Waals surface area contributed by atoms with Crippen molar-refractivity contribution < 1.29 is 22.3 Å². The molecule has 0 fully saturated rings. The van der Waals surface area contributed by atoms with E-state index in [2.05, 4.69) is 16.6 Å². The van der Waals surface area contributed by atoms with Gasteiger partial charge in [-0.05, 0) is 54.4 Å². The monoisotopic (exact) mass is 403 g/mol. The SMILES string of the molecule is N#Cc1ccc(C#Cc2ccc(F)c([C@H](CF)C[C@H](OC(=N)N)C(F)F)c2)cc1. The smallest absolute Gasteiger partial charge is 0.279 e. The summed E-state index contributed by atoms with van der Waals surface area (Å²) in [5, 5.41) is 15.8. The van der Waals surface area contributed by atoms with Crippen molar-refractivity contribution in [3.8, 4) is 17.9 Å². The number of alkyl halides is 3. The third-order valence-electron chi connectivity index (χ3n) is 4.06. The van der Waals surface area contributed by atoms with E-state index in [1.54, 1.807) is 24.3 Å². The van der Waals surface area contributed by atoms with Gasteiger partial charge in [0.15, 0.2) is 6.10 Å². The van der Waals surface area contributed by atoms with Crippen LogP contribution >= 0.6 is 0 Å². The van der Waals surface area contributed by atoms with Crippen molar-refractivity contribution >= 4 is 6.02 Å². The molecule has 0 unspecified atom stereocenters. The van der Waals surface area contributed by atoms with Crippen LogP contribution in [0.15, 0.2) is 42.5 Å². The Balaban J connectivity index is 2.27. The van der Waals surface area contributed by atoms with Crippen molar-refractivity contribution in [2.45, 2.75) is 24.9 Å². The van der Waals surface area contributed by atoms with Gasteiger partial charge in [0.25, 0.3) is 12.4 Å². The molecule has 2 aromatic carbocycles. The van der Waals surface area contributed by atoms with Gasteiger partial charge in [-0.1, -0.05) is 11.8 Å². The maximum absolute atomic E-state index is 14.2. The van der Waals surface area contributed by atoms with Gasteiger partial charge in [-0.2, -0.15) is 5.26 Å². The lowest BCUT2D eigenvalue weighted by molar-refractivity contribution is -0.00680. The largest absolute Gasteiger partial charge is 0.456 e. The van der Waals surface area contributed by atoms with Gasteiger partial charge in [-0.3, -0.25) is 9.80 Å². The van der Waals surface area contributed by atoms with Gasteiger partial charge in [0, 0.05) is 17.0 Å². The molecule has 0 amide bonds. The summed E-state index contributed by atoms with van der Waals surface area (Å²) in [6.45, 7) is -1.10. The van der Waals surface area contributed by atoms with E-state index in [1.807, 2.05) is 6.07 Å². The molecule has 0 heterocycles. The van der Waals surface area contributed by atoms with Gasteiger partial charge < -0.3 is 10.5 Å². The number of hydrogen-bond donors (Lipinski definition) is 2. The zero-order chi connectivity index (χ0) is 21.4. The van der Waals surface area contributed by atoms with E-state index in [0.29, 0.717) is 16.7 Å². The average Bonchev–Trinajstić information content (AvgIpc) is 2.70. The number of nitrogens with two attached hydrogens (primary N) is 1. The Hall–Kier alpha value is -3.52. The summed E-state index contributed by atoms with van der Waals surface area (Å²) >= 11 is 0. The van der Waals surface area contributed by atoms with Gasteiger partial charge in [0.05, 0.1) is 18.3 Å². The molecule has 0 spiro atoms. The fourth-order valence-electron chi connectivity index (χ4n) is 2.63. The molecule has 0 aliphatic heterocycles. The van der Waals surface area contributed by atoms with Crippen molar-refractivity contribution in [1.82, 2.24) is 0 Å². The Labute approximate surface area is 165 Å². The molecule has 0 aliphatic rings. The van der Waals surface area contributed by atoms with Crippen LogP contribution in [0.5, 0.6) is 0 Å².